The molecule has 1 atom stereocenters. The molecule has 0 radical (unpaired) electrons. The molecule has 4 nitrogen and oxygen atoms in total. The summed E-state index contributed by atoms with van der Waals surface area (Å²) in [4.78, 5) is 11.7. The van der Waals surface area contributed by atoms with Gasteiger partial charge in [0.05, 0.1) is 6.61 Å². The van der Waals surface area contributed by atoms with E-state index in [0.717, 1.165) is 5.92 Å². The summed E-state index contributed by atoms with van der Waals surface area (Å²) in [5.41, 5.74) is 0. The van der Waals surface area contributed by atoms with Crippen LogP contribution in [0.25, 0.3) is 0 Å². The van der Waals surface area contributed by atoms with Crippen molar-refractivity contribution in [1.82, 2.24) is 10.2 Å². The molecule has 1 unspecified atom stereocenters. The molecule has 0 aliphatic carbocycles. The van der Waals surface area contributed by atoms with Crippen LogP contribution in [0.2, 0.25) is 0 Å². The number of carbonyl (C=O) groups excluding carboxylic acids is 1. The lowest BCUT2D eigenvalue weighted by Gasteiger charge is -2.03. The zero-order valence-electron chi connectivity index (χ0n) is 12.5. The van der Waals surface area contributed by atoms with E-state index >= 15 is 0 Å². The van der Waals surface area contributed by atoms with Crippen molar-refractivity contribution < 1.29 is 9.90 Å². The topological polar surface area (TPSA) is 52.6 Å². The molecule has 106 valence electrons. The maximum absolute atomic E-state index is 9.34. The van der Waals surface area contributed by atoms with Crippen LogP contribution >= 0.6 is 0 Å². The first kappa shape index (κ1) is 21.7. The van der Waals surface area contributed by atoms with Crippen LogP contribution in [-0.4, -0.2) is 49.7 Å². The third-order valence-electron chi connectivity index (χ3n) is 1.97. The average molecular weight is 248 g/mol. The number of rotatable bonds is 3. The highest BCUT2D eigenvalue weighted by Crippen LogP contribution is 2.11. The van der Waals surface area contributed by atoms with Crippen molar-refractivity contribution in [2.75, 3.05) is 33.3 Å². The fourth-order valence-electron chi connectivity index (χ4n) is 1.28. The van der Waals surface area contributed by atoms with Gasteiger partial charge in [0.1, 0.15) is 0 Å². The predicted octanol–water partition coefficient (Wildman–Crippen LogP) is 1.74. The summed E-state index contributed by atoms with van der Waals surface area (Å²) in [5, 5.41) is 10.2. The second kappa shape index (κ2) is 20.8. The maximum atomic E-state index is 9.34. The number of nitrogens with zero attached hydrogens (tertiary/aromatic N) is 1. The average Bonchev–Trinajstić information content (AvgIpc) is 2.76. The normalized spacial score (nSPS) is 17.5. The van der Waals surface area contributed by atoms with Gasteiger partial charge in [0.25, 0.3) is 0 Å². The van der Waals surface area contributed by atoms with Gasteiger partial charge in [-0.15, -0.1) is 0 Å². The van der Waals surface area contributed by atoms with Crippen LogP contribution in [0, 0.1) is 5.92 Å². The number of carbonyl (C=O) groups is 1. The summed E-state index contributed by atoms with van der Waals surface area (Å²) < 4.78 is 0. The SMILES string of the molecule is CC.CC.CC1CCN(C)C1.O=CNCCO. The van der Waals surface area contributed by atoms with E-state index in [9.17, 15) is 4.79 Å². The summed E-state index contributed by atoms with van der Waals surface area (Å²) in [6.45, 7) is 13.3. The molecule has 1 aliphatic rings. The van der Waals surface area contributed by atoms with E-state index < -0.39 is 0 Å². The Bertz CT molecular complexity index is 125. The fraction of sp³-hybridized carbons (Fsp3) is 0.923. The fourth-order valence-corrected chi connectivity index (χ4v) is 1.28. The van der Waals surface area contributed by atoms with E-state index in [4.69, 9.17) is 5.11 Å². The van der Waals surface area contributed by atoms with E-state index in [2.05, 4.69) is 24.2 Å². The first-order valence-corrected chi connectivity index (χ1v) is 6.67. The smallest absolute Gasteiger partial charge is 0.207 e. The molecule has 0 saturated carbocycles. The zero-order chi connectivity index (χ0) is 14.1. The molecular formula is C13H32N2O2. The van der Waals surface area contributed by atoms with E-state index in [0.29, 0.717) is 13.0 Å². The van der Waals surface area contributed by atoms with Crippen molar-refractivity contribution in [3.05, 3.63) is 0 Å². The van der Waals surface area contributed by atoms with Crippen LogP contribution in [0.4, 0.5) is 0 Å². The number of aliphatic hydroxyl groups is 1. The largest absolute Gasteiger partial charge is 0.395 e. The van der Waals surface area contributed by atoms with Gasteiger partial charge >= 0.3 is 0 Å². The highest BCUT2D eigenvalue weighted by molar-refractivity contribution is 5.45. The van der Waals surface area contributed by atoms with Crippen molar-refractivity contribution in [2.24, 2.45) is 5.92 Å². The van der Waals surface area contributed by atoms with Crippen molar-refractivity contribution in [3.63, 3.8) is 0 Å². The van der Waals surface area contributed by atoms with Crippen molar-refractivity contribution in [2.45, 2.75) is 41.0 Å². The Kier molecular flexibility index (Phi) is 26.4. The van der Waals surface area contributed by atoms with Crippen molar-refractivity contribution in [1.29, 1.82) is 0 Å². The van der Waals surface area contributed by atoms with Gasteiger partial charge in [-0.1, -0.05) is 34.6 Å². The molecule has 0 aromatic rings. The first-order chi connectivity index (χ1) is 8.20. The van der Waals surface area contributed by atoms with Gasteiger partial charge < -0.3 is 15.3 Å². The van der Waals surface area contributed by atoms with Gasteiger partial charge in [-0.05, 0) is 25.9 Å². The molecule has 1 amide bonds. The highest BCUT2D eigenvalue weighted by atomic mass is 16.3. The summed E-state index contributed by atoms with van der Waals surface area (Å²) >= 11 is 0. The van der Waals surface area contributed by atoms with Crippen LogP contribution in [0.15, 0.2) is 0 Å². The predicted molar refractivity (Wildman–Crippen MR) is 75.1 cm³/mol. The van der Waals surface area contributed by atoms with Gasteiger partial charge in [0.15, 0.2) is 0 Å². The van der Waals surface area contributed by atoms with E-state index in [-0.39, 0.29) is 6.61 Å². The molecule has 17 heavy (non-hydrogen) atoms. The van der Waals surface area contributed by atoms with E-state index in [1.165, 1.54) is 19.5 Å². The van der Waals surface area contributed by atoms with Crippen LogP contribution in [-0.2, 0) is 4.79 Å². The molecule has 1 rings (SSSR count). The Morgan fingerprint density at radius 2 is 1.88 bits per heavy atom. The minimum atomic E-state index is 0.0126. The van der Waals surface area contributed by atoms with Crippen LogP contribution in [0.5, 0.6) is 0 Å². The third-order valence-corrected chi connectivity index (χ3v) is 1.97. The van der Waals surface area contributed by atoms with Crippen LogP contribution in [0.3, 0.4) is 0 Å². The van der Waals surface area contributed by atoms with Crippen LogP contribution < -0.4 is 5.32 Å². The number of amides is 1. The lowest BCUT2D eigenvalue weighted by Crippen LogP contribution is -2.14. The lowest BCUT2D eigenvalue weighted by atomic mass is 10.2. The molecule has 0 spiro atoms. The molecule has 0 aromatic heterocycles. The van der Waals surface area contributed by atoms with Crippen molar-refractivity contribution >= 4 is 6.41 Å². The second-order valence-corrected chi connectivity index (χ2v) is 3.45. The minimum absolute atomic E-state index is 0.0126. The quantitative estimate of drug-likeness (QED) is 0.591. The summed E-state index contributed by atoms with van der Waals surface area (Å²) in [7, 11) is 2.18. The molecule has 1 saturated heterocycles. The van der Waals surface area contributed by atoms with Crippen LogP contribution in [0.1, 0.15) is 41.0 Å². The molecule has 1 aliphatic heterocycles. The second-order valence-electron chi connectivity index (χ2n) is 3.45. The van der Waals surface area contributed by atoms with E-state index in [1.54, 1.807) is 0 Å². The standard InChI is InChI=1S/C6H13N.C3H7NO2.2C2H6/c1-6-3-4-7(2)5-6;5-2-1-4-3-6;2*1-2/h6H,3-5H2,1-2H3;3,5H,1-2H2,(H,4,6);2*1-2H3. The summed E-state index contributed by atoms with van der Waals surface area (Å²) in [5.74, 6) is 0.949. The molecular weight excluding hydrogens is 216 g/mol. The number of aliphatic hydroxyl groups excluding tert-OH is 1. The third kappa shape index (κ3) is 21.3. The molecule has 0 bridgehead atoms. The lowest BCUT2D eigenvalue weighted by molar-refractivity contribution is -0.109. The van der Waals surface area contributed by atoms with Gasteiger partial charge in [-0.25, -0.2) is 0 Å². The Morgan fingerprint density at radius 3 is 2.00 bits per heavy atom. The first-order valence-electron chi connectivity index (χ1n) is 6.67. The summed E-state index contributed by atoms with van der Waals surface area (Å²) in [6, 6.07) is 0. The Hall–Kier alpha value is -0.610. The number of likely N-dealkylation sites (tertiary alicyclic amines) is 1. The molecule has 2 N–H and O–H groups in total. The van der Waals surface area contributed by atoms with Gasteiger partial charge in [0.2, 0.25) is 6.41 Å². The molecule has 4 heteroatoms. The number of hydrogen-bond acceptors (Lipinski definition) is 3. The van der Waals surface area contributed by atoms with Gasteiger partial charge in [-0.3, -0.25) is 4.79 Å². The minimum Gasteiger partial charge on any atom is -0.395 e. The van der Waals surface area contributed by atoms with Gasteiger partial charge in [0, 0.05) is 13.1 Å². The Balaban J connectivity index is -0.000000180. The molecule has 1 heterocycles. The van der Waals surface area contributed by atoms with Gasteiger partial charge in [-0.2, -0.15) is 0 Å². The molecule has 1 fully saturated rings. The summed E-state index contributed by atoms with van der Waals surface area (Å²) in [6.07, 6.45) is 1.95. The zero-order valence-corrected chi connectivity index (χ0v) is 12.5. The highest BCUT2D eigenvalue weighted by Gasteiger charge is 2.13. The maximum Gasteiger partial charge on any atom is 0.207 e. The molecule has 0 aromatic carbocycles. The Morgan fingerprint density at radius 1 is 1.35 bits per heavy atom. The monoisotopic (exact) mass is 248 g/mol. The van der Waals surface area contributed by atoms with E-state index in [1.807, 2.05) is 27.7 Å². The number of nitrogens with one attached hydrogen (secondary N) is 1. The van der Waals surface area contributed by atoms with Crippen molar-refractivity contribution in [3.8, 4) is 0 Å². The Labute approximate surface area is 107 Å². The number of hydrogen-bond donors (Lipinski definition) is 2.